The maximum absolute atomic E-state index is 10.1. The van der Waals surface area contributed by atoms with E-state index in [1.54, 1.807) is 0 Å². The minimum absolute atomic E-state index is 0.124. The highest BCUT2D eigenvalue weighted by Crippen LogP contribution is 1.97. The second-order valence-corrected chi connectivity index (χ2v) is 1.65. The van der Waals surface area contributed by atoms with Crippen LogP contribution in [0.4, 0.5) is 0 Å². The number of aliphatic carboxylic acids is 1. The van der Waals surface area contributed by atoms with Gasteiger partial charge in [-0.05, 0) is 9.03 Å². The molecule has 1 N–H and O–H groups in total. The summed E-state index contributed by atoms with van der Waals surface area (Å²) in [6.07, 6.45) is 4.97. The van der Waals surface area contributed by atoms with E-state index in [-0.39, 0.29) is 6.42 Å². The zero-order valence-electron chi connectivity index (χ0n) is 4.66. The first-order chi connectivity index (χ1) is 4.22. The smallest absolute Gasteiger partial charge is 0.329 e. The van der Waals surface area contributed by atoms with Crippen molar-refractivity contribution in [1.82, 2.24) is 0 Å². The van der Waals surface area contributed by atoms with Crippen molar-refractivity contribution >= 4 is 15.0 Å². The van der Waals surface area contributed by atoms with E-state index in [2.05, 4.69) is 19.7 Å². The average molecular weight is 143 g/mol. The van der Waals surface area contributed by atoms with Crippen LogP contribution in [0.5, 0.6) is 0 Å². The van der Waals surface area contributed by atoms with Crippen LogP contribution in [0.3, 0.4) is 0 Å². The van der Waals surface area contributed by atoms with Crippen molar-refractivity contribution in [3.63, 3.8) is 0 Å². The largest absolute Gasteiger partial charge is 0.480 e. The fourth-order valence-electron chi connectivity index (χ4n) is 0.300. The lowest BCUT2D eigenvalue weighted by Crippen LogP contribution is -2.15. The Bertz CT molecular complexity index is 161. The monoisotopic (exact) mass is 143 g/mol. The van der Waals surface area contributed by atoms with Crippen LogP contribution in [0.25, 0.3) is 0 Å². The summed E-state index contributed by atoms with van der Waals surface area (Å²) in [5, 5.41) is 8.28. The van der Waals surface area contributed by atoms with Crippen LogP contribution < -0.4 is 0 Å². The predicted octanol–water partition coefficient (Wildman–Crippen LogP) is 0.789. The molecule has 0 fully saturated rings. The summed E-state index contributed by atoms with van der Waals surface area (Å²) in [6.45, 7) is 0. The van der Waals surface area contributed by atoms with Gasteiger partial charge in [-0.25, -0.2) is 4.79 Å². The minimum Gasteiger partial charge on any atom is -0.480 e. The molecule has 1 unspecified atom stereocenters. The van der Waals surface area contributed by atoms with Crippen LogP contribution in [0.15, 0.2) is 4.74 Å². The predicted molar refractivity (Wildman–Crippen MR) is 35.6 cm³/mol. The summed E-state index contributed by atoms with van der Waals surface area (Å²) in [6, 6.07) is -0.813. The Balaban J connectivity index is 3.86. The highest BCUT2D eigenvalue weighted by molar-refractivity contribution is 7.04. The molecule has 1 atom stereocenters. The SMILES string of the molecule is C#CCC(N=P)C(=O)O. The van der Waals surface area contributed by atoms with Crippen LogP contribution >= 0.6 is 9.03 Å². The molecule has 0 aliphatic carbocycles. The van der Waals surface area contributed by atoms with Crippen LogP contribution in [-0.4, -0.2) is 17.1 Å². The molecule has 48 valence electrons. The van der Waals surface area contributed by atoms with E-state index < -0.39 is 12.0 Å². The van der Waals surface area contributed by atoms with Gasteiger partial charge in [0.05, 0.1) is 0 Å². The minimum atomic E-state index is -1.01. The molecule has 0 bridgehead atoms. The Morgan fingerprint density at radius 1 is 2.00 bits per heavy atom. The molecule has 0 heterocycles. The zero-order chi connectivity index (χ0) is 7.28. The van der Waals surface area contributed by atoms with Crippen LogP contribution in [0.2, 0.25) is 0 Å². The van der Waals surface area contributed by atoms with Gasteiger partial charge in [-0.2, -0.15) is 0 Å². The summed E-state index contributed by atoms with van der Waals surface area (Å²) >= 11 is 0. The van der Waals surface area contributed by atoms with Crippen molar-refractivity contribution in [2.24, 2.45) is 4.74 Å². The van der Waals surface area contributed by atoms with Gasteiger partial charge in [0, 0.05) is 6.42 Å². The van der Waals surface area contributed by atoms with E-state index in [9.17, 15) is 4.79 Å². The standard InChI is InChI=1S/C5H6NO2P/c1-2-3-4(6-9)5(7)8/h1,4,9H,3H2,(H,7,8). The van der Waals surface area contributed by atoms with E-state index in [1.165, 1.54) is 0 Å². The van der Waals surface area contributed by atoms with Crippen LogP contribution in [-0.2, 0) is 4.79 Å². The number of nitrogens with zero attached hydrogens (tertiary/aromatic N) is 1. The molecule has 0 rings (SSSR count). The van der Waals surface area contributed by atoms with E-state index in [1.807, 2.05) is 0 Å². The average Bonchev–Trinajstić information content (AvgIpc) is 1.82. The topological polar surface area (TPSA) is 49.7 Å². The van der Waals surface area contributed by atoms with Crippen molar-refractivity contribution in [2.75, 3.05) is 0 Å². The zero-order valence-corrected chi connectivity index (χ0v) is 5.66. The second-order valence-electron chi connectivity index (χ2n) is 1.39. The van der Waals surface area contributed by atoms with Crippen molar-refractivity contribution in [1.29, 1.82) is 0 Å². The molecule has 0 saturated heterocycles. The Hall–Kier alpha value is -0.870. The maximum Gasteiger partial charge on any atom is 0.329 e. The molecule has 0 aliphatic heterocycles. The number of carboxylic acids is 1. The maximum atomic E-state index is 10.1. The number of carbonyl (C=O) groups is 1. The van der Waals surface area contributed by atoms with Gasteiger partial charge in [0.15, 0.2) is 6.04 Å². The van der Waals surface area contributed by atoms with Gasteiger partial charge in [0.2, 0.25) is 0 Å². The van der Waals surface area contributed by atoms with Crippen LogP contribution in [0, 0.1) is 12.3 Å². The Morgan fingerprint density at radius 2 is 2.56 bits per heavy atom. The van der Waals surface area contributed by atoms with Gasteiger partial charge in [-0.1, -0.05) is 0 Å². The van der Waals surface area contributed by atoms with E-state index >= 15 is 0 Å². The van der Waals surface area contributed by atoms with E-state index in [4.69, 9.17) is 11.5 Å². The summed E-state index contributed by atoms with van der Waals surface area (Å²) in [7, 11) is 2.71. The second kappa shape index (κ2) is 4.05. The number of hydrogen-bond donors (Lipinski definition) is 1. The molecular formula is C5H6NO2P. The number of carboxylic acid groups (broad SMARTS) is 1. The lowest BCUT2D eigenvalue weighted by Gasteiger charge is -1.97. The van der Waals surface area contributed by atoms with Crippen molar-refractivity contribution in [2.45, 2.75) is 12.5 Å². The third-order valence-electron chi connectivity index (χ3n) is 0.752. The normalized spacial score (nSPS) is 11.4. The molecule has 0 aromatic carbocycles. The lowest BCUT2D eigenvalue weighted by molar-refractivity contribution is -0.138. The summed E-state index contributed by atoms with van der Waals surface area (Å²) in [5.41, 5.74) is 0. The highest BCUT2D eigenvalue weighted by atomic mass is 31.0. The molecule has 4 heteroatoms. The third-order valence-corrected chi connectivity index (χ3v) is 1.06. The molecule has 0 aliphatic rings. The van der Waals surface area contributed by atoms with Crippen molar-refractivity contribution in [3.8, 4) is 12.3 Å². The highest BCUT2D eigenvalue weighted by Gasteiger charge is 2.11. The Kier molecular flexibility index (Phi) is 3.66. The van der Waals surface area contributed by atoms with E-state index in [0.717, 1.165) is 0 Å². The molecule has 9 heavy (non-hydrogen) atoms. The number of terminal acetylenes is 1. The molecule has 0 amide bonds. The Labute approximate surface area is 55.4 Å². The van der Waals surface area contributed by atoms with Crippen LogP contribution in [0.1, 0.15) is 6.42 Å². The fourth-order valence-corrected chi connectivity index (χ4v) is 0.502. The molecule has 3 nitrogen and oxygen atoms in total. The van der Waals surface area contributed by atoms with Gasteiger partial charge in [-0.3, -0.25) is 4.74 Å². The molecule has 0 spiro atoms. The number of rotatable bonds is 3. The van der Waals surface area contributed by atoms with Gasteiger partial charge in [0.25, 0.3) is 0 Å². The van der Waals surface area contributed by atoms with Gasteiger partial charge < -0.3 is 5.11 Å². The Morgan fingerprint density at radius 3 is 2.67 bits per heavy atom. The molecule has 0 saturated carbocycles. The van der Waals surface area contributed by atoms with Gasteiger partial charge in [0.1, 0.15) is 0 Å². The fraction of sp³-hybridized carbons (Fsp3) is 0.400. The summed E-state index contributed by atoms with van der Waals surface area (Å²) < 4.78 is 3.34. The van der Waals surface area contributed by atoms with Gasteiger partial charge >= 0.3 is 5.97 Å². The summed E-state index contributed by atoms with van der Waals surface area (Å²) in [5.74, 6) is 1.18. The van der Waals surface area contributed by atoms with E-state index in [0.29, 0.717) is 0 Å². The summed E-state index contributed by atoms with van der Waals surface area (Å²) in [4.78, 5) is 10.1. The third kappa shape index (κ3) is 2.84. The first-order valence-corrected chi connectivity index (χ1v) is 2.70. The molecule has 0 radical (unpaired) electrons. The first-order valence-electron chi connectivity index (χ1n) is 2.25. The van der Waals surface area contributed by atoms with Gasteiger partial charge in [-0.15, -0.1) is 12.3 Å². The first kappa shape index (κ1) is 8.13. The quantitative estimate of drug-likeness (QED) is 0.469. The molecule has 0 aromatic heterocycles. The number of hydrogen-bond acceptors (Lipinski definition) is 2. The molecular weight excluding hydrogens is 137 g/mol. The van der Waals surface area contributed by atoms with Crippen molar-refractivity contribution in [3.05, 3.63) is 0 Å². The molecule has 0 aromatic rings. The van der Waals surface area contributed by atoms with Crippen molar-refractivity contribution < 1.29 is 9.90 Å². The lowest BCUT2D eigenvalue weighted by atomic mass is 10.2.